The smallest absolute Gasteiger partial charge is 0.303 e. The van der Waals surface area contributed by atoms with E-state index in [2.05, 4.69) is 46.9 Å². The maximum absolute atomic E-state index is 13.9. The molecule has 24 heteroatoms. The summed E-state index contributed by atoms with van der Waals surface area (Å²) in [4.78, 5) is 99.2. The number of ether oxygens (including phenoxy) is 4. The van der Waals surface area contributed by atoms with Crippen molar-refractivity contribution in [3.05, 3.63) is 54.1 Å². The van der Waals surface area contributed by atoms with E-state index in [0.717, 1.165) is 0 Å². The molecule has 0 unspecified atom stereocenters. The lowest BCUT2D eigenvalue weighted by Crippen LogP contribution is -2.58. The molecule has 1 aromatic carbocycles. The van der Waals surface area contributed by atoms with Crippen LogP contribution in [0, 0.1) is 0 Å². The van der Waals surface area contributed by atoms with Gasteiger partial charge in [0.05, 0.1) is 52.0 Å². The Bertz CT molecular complexity index is 1710. The summed E-state index contributed by atoms with van der Waals surface area (Å²) in [5.41, 5.74) is 18.1. The quantitative estimate of drug-likeness (QED) is 0.0181. The van der Waals surface area contributed by atoms with Crippen molar-refractivity contribution in [2.45, 2.75) is 62.7 Å². The van der Waals surface area contributed by atoms with Crippen molar-refractivity contribution in [1.29, 1.82) is 0 Å². The van der Waals surface area contributed by atoms with E-state index in [1.807, 2.05) is 0 Å². The van der Waals surface area contributed by atoms with E-state index in [-0.39, 0.29) is 129 Å². The predicted octanol–water partition coefficient (Wildman–Crippen LogP) is -4.06. The maximum atomic E-state index is 13.9. The topological polar surface area (TPSA) is 368 Å². The lowest BCUT2D eigenvalue weighted by molar-refractivity contribution is -0.137. The Hall–Kier alpha value is -6.21. The molecule has 0 bridgehead atoms. The van der Waals surface area contributed by atoms with Gasteiger partial charge in [-0.1, -0.05) is 30.3 Å². The number of aliphatic carboxylic acids is 1. The fourth-order valence-electron chi connectivity index (χ4n) is 5.42. The van der Waals surface area contributed by atoms with Crippen LogP contribution in [-0.2, 0) is 65.4 Å². The number of H-pyrrole nitrogens is 1. The molecule has 1 heterocycles. The molecule has 0 saturated heterocycles. The van der Waals surface area contributed by atoms with E-state index in [1.165, 1.54) is 19.6 Å². The first-order valence-electron chi connectivity index (χ1n) is 20.3. The minimum atomic E-state index is -1.23. The summed E-state index contributed by atoms with van der Waals surface area (Å²) in [5.74, 6) is -4.67. The zero-order valence-corrected chi connectivity index (χ0v) is 35.4. The Labute approximate surface area is 364 Å². The van der Waals surface area contributed by atoms with Gasteiger partial charge in [-0.15, -0.1) is 0 Å². The van der Waals surface area contributed by atoms with Gasteiger partial charge in [-0.2, -0.15) is 0 Å². The molecule has 350 valence electrons. The fraction of sp³-hybridized carbons (Fsp3) is 0.564. The number of benzene rings is 1. The summed E-state index contributed by atoms with van der Waals surface area (Å²) in [6.07, 6.45) is 2.66. The third-order valence-corrected chi connectivity index (χ3v) is 8.72. The van der Waals surface area contributed by atoms with Crippen molar-refractivity contribution < 1.29 is 57.6 Å². The van der Waals surface area contributed by atoms with Gasteiger partial charge >= 0.3 is 5.97 Å². The van der Waals surface area contributed by atoms with Crippen LogP contribution in [0.2, 0.25) is 0 Å². The molecule has 0 aliphatic rings. The largest absolute Gasteiger partial charge is 0.481 e. The number of guanidine groups is 1. The number of carboxylic acid groups (broad SMARTS) is 1. The number of hydrogen-bond acceptors (Lipinski definition) is 14. The molecule has 0 fully saturated rings. The van der Waals surface area contributed by atoms with Gasteiger partial charge < -0.3 is 78.1 Å². The molecule has 0 saturated carbocycles. The van der Waals surface area contributed by atoms with Crippen molar-refractivity contribution in [3.63, 3.8) is 0 Å². The van der Waals surface area contributed by atoms with Crippen LogP contribution in [0.15, 0.2) is 47.8 Å². The average Bonchev–Trinajstić information content (AvgIpc) is 3.78. The van der Waals surface area contributed by atoms with E-state index in [0.29, 0.717) is 11.3 Å². The lowest BCUT2D eigenvalue weighted by atomic mass is 10.0. The normalized spacial score (nSPS) is 12.7. The number of nitrogens with zero attached hydrogens (tertiary/aromatic N) is 2. The van der Waals surface area contributed by atoms with Crippen molar-refractivity contribution in [1.82, 2.24) is 41.9 Å². The molecule has 0 radical (unpaired) electrons. The van der Waals surface area contributed by atoms with Gasteiger partial charge in [-0.3, -0.25) is 38.6 Å². The van der Waals surface area contributed by atoms with Gasteiger partial charge in [0.2, 0.25) is 35.4 Å². The number of carbonyl (C=O) groups is 7. The molecule has 2 aromatic rings. The minimum Gasteiger partial charge on any atom is -0.481 e. The lowest BCUT2D eigenvalue weighted by Gasteiger charge is -2.26. The zero-order chi connectivity index (χ0) is 46.2. The monoisotopic (exact) mass is 890 g/mol. The third-order valence-electron chi connectivity index (χ3n) is 8.72. The number of carboxylic acids is 1. The Balaban J connectivity index is 1.96. The van der Waals surface area contributed by atoms with Crippen molar-refractivity contribution in [2.75, 3.05) is 79.5 Å². The van der Waals surface area contributed by atoms with Crippen molar-refractivity contribution in [2.24, 2.45) is 22.2 Å². The van der Waals surface area contributed by atoms with Crippen molar-refractivity contribution >= 4 is 47.4 Å². The van der Waals surface area contributed by atoms with Gasteiger partial charge in [-0.05, 0) is 24.8 Å². The van der Waals surface area contributed by atoms with E-state index < -0.39 is 53.8 Å². The van der Waals surface area contributed by atoms with E-state index in [9.17, 15) is 33.6 Å². The number of aromatic nitrogens is 2. The Morgan fingerprint density at radius 3 is 1.94 bits per heavy atom. The number of nitrogens with one attached hydrogen (secondary N) is 7. The third kappa shape index (κ3) is 24.7. The number of hydrogen-bond donors (Lipinski definition) is 11. The summed E-state index contributed by atoms with van der Waals surface area (Å²) in [7, 11) is 1.51. The number of rotatable bonds is 34. The van der Waals surface area contributed by atoms with Crippen LogP contribution in [0.3, 0.4) is 0 Å². The summed E-state index contributed by atoms with van der Waals surface area (Å²) < 4.78 is 21.3. The van der Waals surface area contributed by atoms with Gasteiger partial charge in [0.15, 0.2) is 5.96 Å². The first kappa shape index (κ1) is 52.9. The standard InChI is InChI=1S/C39H62N12O12/c1-43-32(52)23-62-18-16-60-14-12-45-33(53)24-63-19-17-61-15-13-46-36(57)31(21-27-22-44-25-48-27)51-37(58)29(8-5-11-47-39(41)42)49-38(59)30(20-26-6-3-2-4-7-26)50-35(56)28(40)9-10-34(54)55/h2-4,6-7,22,25,28-31H,5,8-21,23-24,40H2,1H3,(H,43,52)(H,44,48)(H,45,53)(H,46,57)(H,49,59)(H,50,56)(H,51,58)(H,54,55)(H4,41,42,47)/t28-,29-,30-,31-/m0/s1. The Morgan fingerprint density at radius 2 is 1.32 bits per heavy atom. The average molecular weight is 891 g/mol. The summed E-state index contributed by atoms with van der Waals surface area (Å²) in [6, 6.07) is 3.95. The number of amides is 6. The fourth-order valence-corrected chi connectivity index (χ4v) is 5.42. The highest BCUT2D eigenvalue weighted by Gasteiger charge is 2.31. The number of nitrogens with two attached hydrogens (primary N) is 3. The van der Waals surface area contributed by atoms with Crippen LogP contribution in [0.5, 0.6) is 0 Å². The van der Waals surface area contributed by atoms with Crippen LogP contribution in [0.4, 0.5) is 0 Å². The first-order chi connectivity index (χ1) is 30.3. The molecule has 4 atom stereocenters. The molecule has 14 N–H and O–H groups in total. The molecule has 0 aliphatic carbocycles. The SMILES string of the molecule is CNC(=O)COCCOCCNC(=O)COCCOCCNC(=O)[C@H](Cc1cnc[nH]1)NC(=O)[C@H](CCCN=C(N)N)NC(=O)[C@H](Cc1ccccc1)NC(=O)[C@@H](N)CCC(=O)O. The van der Waals surface area contributed by atoms with Gasteiger partial charge in [0, 0.05) is 57.8 Å². The zero-order valence-electron chi connectivity index (χ0n) is 35.4. The molecule has 63 heavy (non-hydrogen) atoms. The predicted molar refractivity (Wildman–Crippen MR) is 226 cm³/mol. The minimum absolute atomic E-state index is 0.00356. The summed E-state index contributed by atoms with van der Waals surface area (Å²) in [6.45, 7) is 1.23. The molecule has 24 nitrogen and oxygen atoms in total. The first-order valence-corrected chi connectivity index (χ1v) is 20.3. The second-order valence-electron chi connectivity index (χ2n) is 13.8. The Morgan fingerprint density at radius 1 is 0.730 bits per heavy atom. The highest BCUT2D eigenvalue weighted by molar-refractivity contribution is 5.95. The highest BCUT2D eigenvalue weighted by atomic mass is 16.5. The van der Waals surface area contributed by atoms with Crippen molar-refractivity contribution in [3.8, 4) is 0 Å². The number of aliphatic imine (C=N–C) groups is 1. The molecular weight excluding hydrogens is 829 g/mol. The van der Waals surface area contributed by atoms with E-state index in [1.54, 1.807) is 30.3 Å². The van der Waals surface area contributed by atoms with Gasteiger partial charge in [-0.25, -0.2) is 4.98 Å². The number of carbonyl (C=O) groups excluding carboxylic acids is 6. The number of imidazole rings is 1. The number of likely N-dealkylation sites (N-methyl/N-ethyl adjacent to an activating group) is 1. The molecular formula is C39H62N12O12. The molecule has 2 rings (SSSR count). The molecule has 0 spiro atoms. The van der Waals surface area contributed by atoms with Gasteiger partial charge in [0.25, 0.3) is 0 Å². The van der Waals surface area contributed by atoms with Crippen LogP contribution in [0.1, 0.15) is 36.9 Å². The summed E-state index contributed by atoms with van der Waals surface area (Å²) >= 11 is 0. The number of aromatic amines is 1. The summed E-state index contributed by atoms with van der Waals surface area (Å²) in [5, 5.41) is 24.8. The van der Waals surface area contributed by atoms with E-state index in [4.69, 9.17) is 41.3 Å². The van der Waals surface area contributed by atoms with Crippen LogP contribution >= 0.6 is 0 Å². The highest BCUT2D eigenvalue weighted by Crippen LogP contribution is 2.08. The molecule has 6 amide bonds. The Kier molecular flexibility index (Phi) is 26.6. The van der Waals surface area contributed by atoms with Crippen LogP contribution in [-0.4, -0.2) is 166 Å². The maximum Gasteiger partial charge on any atom is 0.303 e. The molecule has 0 aliphatic heterocycles. The van der Waals surface area contributed by atoms with Gasteiger partial charge in [0.1, 0.15) is 31.3 Å². The van der Waals surface area contributed by atoms with E-state index >= 15 is 0 Å². The second kappa shape index (κ2) is 31.6. The second-order valence-corrected chi connectivity index (χ2v) is 13.8. The van der Waals surface area contributed by atoms with Crippen LogP contribution in [0.25, 0.3) is 0 Å². The molecule has 1 aromatic heterocycles. The van der Waals surface area contributed by atoms with Crippen LogP contribution < -0.4 is 49.1 Å².